The Morgan fingerprint density at radius 2 is 2.07 bits per heavy atom. The van der Waals surface area contributed by atoms with Crippen LogP contribution in [0.2, 0.25) is 0 Å². The molecule has 1 rings (SSSR count). The molecular formula is C11H19Cl2HfN. The summed E-state index contributed by atoms with van der Waals surface area (Å²) in [5.74, 6) is 0. The van der Waals surface area contributed by atoms with Gasteiger partial charge in [-0.05, 0) is 0 Å². The van der Waals surface area contributed by atoms with Crippen LogP contribution in [0.15, 0.2) is 21.1 Å². The van der Waals surface area contributed by atoms with Gasteiger partial charge in [0, 0.05) is 0 Å². The average Bonchev–Trinajstić information content (AvgIpc) is 2.51. The minimum atomic E-state index is -0.591. The Kier molecular flexibility index (Phi) is 13.9. The average molecular weight is 415 g/mol. The molecular weight excluding hydrogens is 396 g/mol. The molecule has 0 amide bonds. The van der Waals surface area contributed by atoms with Crippen LogP contribution in [-0.2, 0) is 23.2 Å². The molecule has 0 unspecified atom stereocenters. The molecule has 0 bridgehead atoms. The molecule has 0 radical (unpaired) electrons. The minimum absolute atomic E-state index is 0. The molecule has 0 spiro atoms. The van der Waals surface area contributed by atoms with Crippen molar-refractivity contribution in [3.8, 4) is 0 Å². The fraction of sp³-hybridized carbons (Fsp3) is 0.636. The van der Waals surface area contributed by atoms with Gasteiger partial charge in [-0.25, -0.2) is 0 Å². The topological polar surface area (TPSA) is 12.0 Å². The fourth-order valence-corrected chi connectivity index (χ4v) is 5.10. The predicted molar refractivity (Wildman–Crippen MR) is 54.0 cm³/mol. The smallest absolute Gasteiger partial charge is 1.00 e. The number of nitrogens with one attached hydrogen (secondary N) is 1. The van der Waals surface area contributed by atoms with Gasteiger partial charge in [0.15, 0.2) is 0 Å². The van der Waals surface area contributed by atoms with E-state index in [9.17, 15) is 0 Å². The van der Waals surface area contributed by atoms with E-state index < -0.39 is 23.2 Å². The van der Waals surface area contributed by atoms with E-state index in [1.54, 1.807) is 3.33 Å². The van der Waals surface area contributed by atoms with Crippen LogP contribution in [0.5, 0.6) is 0 Å². The summed E-state index contributed by atoms with van der Waals surface area (Å²) < 4.78 is 5.41. The molecule has 0 saturated carbocycles. The normalized spacial score (nSPS) is 13.2. The number of rotatable bonds is 6. The number of hydrogen-bond acceptors (Lipinski definition) is 1. The van der Waals surface area contributed by atoms with Gasteiger partial charge in [0.1, 0.15) is 0 Å². The monoisotopic (exact) mass is 415 g/mol. The molecule has 4 heteroatoms. The molecule has 0 aromatic heterocycles. The van der Waals surface area contributed by atoms with E-state index in [1.165, 1.54) is 37.8 Å². The first-order chi connectivity index (χ1) is 6.33. The van der Waals surface area contributed by atoms with E-state index in [0.717, 1.165) is 0 Å². The summed E-state index contributed by atoms with van der Waals surface area (Å²) in [6.45, 7) is 5.72. The number of unbranched alkanes of at least 4 members (excludes halogenated alkanes) is 2. The second-order valence-electron chi connectivity index (χ2n) is 3.58. The summed E-state index contributed by atoms with van der Waals surface area (Å²) in [5.41, 5.74) is 1.47. The fourth-order valence-electron chi connectivity index (χ4n) is 1.39. The van der Waals surface area contributed by atoms with E-state index >= 15 is 0 Å². The number of allylic oxidation sites excluding steroid dienone is 4. The van der Waals surface area contributed by atoms with Crippen molar-refractivity contribution in [2.45, 2.75) is 39.5 Å². The van der Waals surface area contributed by atoms with Gasteiger partial charge in [-0.1, -0.05) is 0 Å². The van der Waals surface area contributed by atoms with Crippen LogP contribution < -0.4 is 28.1 Å². The molecule has 0 aliphatic heterocycles. The first kappa shape index (κ1) is 18.3. The van der Waals surface area contributed by atoms with Crippen molar-refractivity contribution in [1.29, 1.82) is 0 Å². The van der Waals surface area contributed by atoms with Gasteiger partial charge in [-0.15, -0.1) is 0 Å². The van der Waals surface area contributed by atoms with Crippen molar-refractivity contribution in [3.63, 3.8) is 0 Å². The molecule has 0 aromatic rings. The van der Waals surface area contributed by atoms with Gasteiger partial charge < -0.3 is 24.8 Å². The molecule has 1 aliphatic carbocycles. The summed E-state index contributed by atoms with van der Waals surface area (Å²) in [4.78, 5) is 0. The van der Waals surface area contributed by atoms with Crippen molar-refractivity contribution in [1.82, 2.24) is 3.30 Å². The number of hydrogen-bond donors (Lipinski definition) is 1. The third-order valence-corrected chi connectivity index (χ3v) is 6.14. The Morgan fingerprint density at radius 1 is 1.33 bits per heavy atom. The molecule has 1 N–H and O–H groups in total. The molecule has 0 heterocycles. The van der Waals surface area contributed by atoms with Gasteiger partial charge in [0.05, 0.1) is 0 Å². The van der Waals surface area contributed by atoms with Crippen molar-refractivity contribution < 1.29 is 48.0 Å². The Bertz CT molecular complexity index is 215. The third-order valence-electron chi connectivity index (χ3n) is 2.20. The van der Waals surface area contributed by atoms with Gasteiger partial charge >= 0.3 is 93.6 Å². The van der Waals surface area contributed by atoms with E-state index in [2.05, 4.69) is 29.3 Å². The molecule has 0 aromatic carbocycles. The summed E-state index contributed by atoms with van der Waals surface area (Å²) >= 11 is -0.591. The van der Waals surface area contributed by atoms with Crippen LogP contribution in [-0.4, -0.2) is 6.54 Å². The second-order valence-corrected chi connectivity index (χ2v) is 8.06. The Morgan fingerprint density at radius 3 is 2.60 bits per heavy atom. The van der Waals surface area contributed by atoms with Gasteiger partial charge in [-0.3, -0.25) is 0 Å². The minimum Gasteiger partial charge on any atom is -1.00 e. The Hall–Kier alpha value is 0.890. The van der Waals surface area contributed by atoms with Gasteiger partial charge in [0.2, 0.25) is 0 Å². The SMILES string of the molecule is CCCCC[NH][Hf+2][C]1=CC(C)=CC1.[Cl-].[Cl-]. The molecule has 1 aliphatic rings. The second kappa shape index (κ2) is 11.4. The molecule has 1 nitrogen and oxygen atoms in total. The van der Waals surface area contributed by atoms with Crippen molar-refractivity contribution in [3.05, 3.63) is 21.1 Å². The third kappa shape index (κ3) is 8.67. The zero-order valence-corrected chi connectivity index (χ0v) is 14.6. The largest absolute Gasteiger partial charge is 1.00 e. The standard InChI is InChI=1S/C6H7.C5H12N.2ClH.Hf/c1-6-4-2-3-5-6;1-2-3-4-5-6;;;/h4-5H,2H2,1H3;6H,2-5H2,1H3;2*1H;/q;-1;;;+3/p-2. The van der Waals surface area contributed by atoms with Gasteiger partial charge in [0.25, 0.3) is 0 Å². The summed E-state index contributed by atoms with van der Waals surface area (Å²) in [7, 11) is 0. The first-order valence-electron chi connectivity index (χ1n) is 5.19. The van der Waals surface area contributed by atoms with Crippen molar-refractivity contribution in [2.24, 2.45) is 0 Å². The maximum absolute atomic E-state index is 3.68. The summed E-state index contributed by atoms with van der Waals surface area (Å²) in [6, 6.07) is 0. The van der Waals surface area contributed by atoms with Crippen molar-refractivity contribution >= 4 is 0 Å². The first-order valence-corrected chi connectivity index (χ1v) is 8.78. The predicted octanol–water partition coefficient (Wildman–Crippen LogP) is -2.99. The van der Waals surface area contributed by atoms with Crippen LogP contribution in [0.1, 0.15) is 39.5 Å². The zero-order valence-electron chi connectivity index (χ0n) is 9.45. The van der Waals surface area contributed by atoms with Crippen molar-refractivity contribution in [2.75, 3.05) is 6.54 Å². The molecule has 0 atom stereocenters. The van der Waals surface area contributed by atoms with E-state index in [0.29, 0.717) is 0 Å². The summed E-state index contributed by atoms with van der Waals surface area (Å²) in [5, 5.41) is 0. The maximum atomic E-state index is 3.68. The van der Waals surface area contributed by atoms with Crippen LogP contribution >= 0.6 is 0 Å². The van der Waals surface area contributed by atoms with E-state index in [1.807, 2.05) is 0 Å². The van der Waals surface area contributed by atoms with Crippen LogP contribution in [0.4, 0.5) is 0 Å². The summed E-state index contributed by atoms with van der Waals surface area (Å²) in [6.07, 6.45) is 10.1. The number of halogens is 2. The zero-order chi connectivity index (χ0) is 9.52. The van der Waals surface area contributed by atoms with E-state index in [-0.39, 0.29) is 24.8 Å². The molecule has 15 heavy (non-hydrogen) atoms. The van der Waals surface area contributed by atoms with Gasteiger partial charge in [-0.2, -0.15) is 0 Å². The molecule has 0 fully saturated rings. The molecule has 0 saturated heterocycles. The van der Waals surface area contributed by atoms with Crippen LogP contribution in [0.3, 0.4) is 0 Å². The Balaban J connectivity index is 0. The Labute approximate surface area is 118 Å². The molecule has 86 valence electrons. The van der Waals surface area contributed by atoms with Crippen LogP contribution in [0.25, 0.3) is 0 Å². The van der Waals surface area contributed by atoms with Crippen LogP contribution in [0, 0.1) is 0 Å². The quantitative estimate of drug-likeness (QED) is 0.361. The van der Waals surface area contributed by atoms with E-state index in [4.69, 9.17) is 0 Å². The maximum Gasteiger partial charge on any atom is -1.00 e.